The minimum Gasteiger partial charge on any atom is -0.744 e. The van der Waals surface area contributed by atoms with Gasteiger partial charge in [-0.05, 0) is 42.7 Å². The van der Waals surface area contributed by atoms with Crippen molar-refractivity contribution in [1.82, 2.24) is 0 Å². The van der Waals surface area contributed by atoms with E-state index in [4.69, 9.17) is 0 Å². The maximum Gasteiger partial charge on any atom is 0.162 e. The van der Waals surface area contributed by atoms with Crippen LogP contribution in [-0.4, -0.2) is 30.6 Å². The molecule has 0 saturated heterocycles. The Morgan fingerprint density at radius 2 is 1.25 bits per heavy atom. The first-order chi connectivity index (χ1) is 17.3. The maximum absolute atomic E-state index is 11.2. The average Bonchev–Trinajstić information content (AvgIpc) is 2.85. The number of aryl methyl sites for hydroxylation is 1. The molecule has 0 heterocycles. The number of benzene rings is 3. The number of phenolic OH excluding ortho intramolecular Hbond substituents is 1. The molecule has 6 heteroatoms. The van der Waals surface area contributed by atoms with Gasteiger partial charge in [-0.25, -0.2) is 8.42 Å². The molecule has 0 bridgehead atoms. The van der Waals surface area contributed by atoms with Crippen LogP contribution in [0.4, 0.5) is 0 Å². The van der Waals surface area contributed by atoms with E-state index in [0.717, 1.165) is 18.2 Å². The van der Waals surface area contributed by atoms with Gasteiger partial charge in [-0.3, -0.25) is 0 Å². The van der Waals surface area contributed by atoms with Gasteiger partial charge >= 0.3 is 0 Å². The minimum absolute atomic E-state index is 0.0501. The van der Waals surface area contributed by atoms with Crippen molar-refractivity contribution in [3.05, 3.63) is 66.2 Å². The summed E-state index contributed by atoms with van der Waals surface area (Å²) in [7, 11) is -4.12. The van der Waals surface area contributed by atoms with Crippen molar-refractivity contribution in [2.45, 2.75) is 87.3 Å². The monoisotopic (exact) mass is 530 g/mol. The van der Waals surface area contributed by atoms with Crippen molar-refractivity contribution in [1.29, 1.82) is 0 Å². The number of hydrogen-bond donors (Lipinski definition) is 1. The van der Waals surface area contributed by atoms with Crippen molar-refractivity contribution in [3.8, 4) is 5.75 Å². The molecule has 36 heavy (non-hydrogen) atoms. The second-order valence-electron chi connectivity index (χ2n) is 9.44. The molecule has 0 radical (unpaired) electrons. The summed E-state index contributed by atoms with van der Waals surface area (Å²) in [5.41, 5.74) is 0.664. The van der Waals surface area contributed by atoms with E-state index in [-0.39, 0.29) is 15.8 Å². The zero-order valence-corrected chi connectivity index (χ0v) is 23.7. The molecule has 3 aromatic carbocycles. The molecular formula is C30H42O4S2. The number of unbranched alkanes of at least 4 members (excludes halogenated alkanes) is 9. The van der Waals surface area contributed by atoms with E-state index in [9.17, 15) is 18.1 Å². The van der Waals surface area contributed by atoms with Gasteiger partial charge in [0.05, 0.1) is 4.90 Å². The van der Waals surface area contributed by atoms with Crippen molar-refractivity contribution < 1.29 is 18.1 Å². The van der Waals surface area contributed by atoms with E-state index in [0.29, 0.717) is 17.7 Å². The summed E-state index contributed by atoms with van der Waals surface area (Å²) in [6.45, 7) is 2.23. The molecule has 3 aromatic rings. The Morgan fingerprint density at radius 1 is 0.722 bits per heavy atom. The molecule has 3 rings (SSSR count). The average molecular weight is 531 g/mol. The minimum atomic E-state index is -4.35. The largest absolute Gasteiger partial charge is 0.744 e. The van der Waals surface area contributed by atoms with Crippen LogP contribution in [0, 0.1) is 0 Å². The summed E-state index contributed by atoms with van der Waals surface area (Å²) in [4.78, 5) is 1.27. The number of aromatic hydroxyl groups is 1. The third kappa shape index (κ3) is 10.2. The zero-order valence-electron chi connectivity index (χ0n) is 22.0. The highest BCUT2D eigenvalue weighted by Crippen LogP contribution is 2.29. The number of hydrogen-bond acceptors (Lipinski definition) is 4. The van der Waals surface area contributed by atoms with Crippen LogP contribution in [0.1, 0.15) is 76.7 Å². The van der Waals surface area contributed by atoms with Crippen molar-refractivity contribution >= 4 is 31.8 Å². The van der Waals surface area contributed by atoms with Crippen molar-refractivity contribution in [2.24, 2.45) is 0 Å². The fourth-order valence-electron chi connectivity index (χ4n) is 4.37. The molecule has 0 aliphatic heterocycles. The zero-order chi connectivity index (χ0) is 26.4. The molecule has 0 aliphatic carbocycles. The van der Waals surface area contributed by atoms with Gasteiger partial charge in [0.25, 0.3) is 0 Å². The Hall–Kier alpha value is -2.02. The molecule has 0 saturated carbocycles. The number of fused-ring (bicyclic) bond motifs is 1. The van der Waals surface area contributed by atoms with Gasteiger partial charge in [0.2, 0.25) is 0 Å². The summed E-state index contributed by atoms with van der Waals surface area (Å²) in [5, 5.41) is 11.8. The Morgan fingerprint density at radius 3 is 1.83 bits per heavy atom. The lowest BCUT2D eigenvalue weighted by molar-refractivity contribution is 0.461. The summed E-state index contributed by atoms with van der Waals surface area (Å²) < 4.78 is 33.5. The summed E-state index contributed by atoms with van der Waals surface area (Å²) in [6, 6.07) is 18.3. The van der Waals surface area contributed by atoms with Gasteiger partial charge in [-0.15, -0.1) is 0 Å². The lowest BCUT2D eigenvalue weighted by Gasteiger charge is -2.12. The number of rotatable bonds is 13. The van der Waals surface area contributed by atoms with Gasteiger partial charge in [0, 0.05) is 21.7 Å². The normalized spacial score (nSPS) is 11.5. The van der Waals surface area contributed by atoms with E-state index in [1.165, 1.54) is 67.7 Å². The molecule has 1 N–H and O–H groups in total. The van der Waals surface area contributed by atoms with Gasteiger partial charge in [-0.1, -0.05) is 101 Å². The maximum atomic E-state index is 11.2. The Labute approximate surface area is 221 Å². The third-order valence-corrected chi connectivity index (χ3v) is 8.52. The second-order valence-corrected chi connectivity index (χ2v) is 12.9. The summed E-state index contributed by atoms with van der Waals surface area (Å²) in [5.74, 6) is 0.370. The molecule has 0 aromatic heterocycles. The van der Waals surface area contributed by atoms with Gasteiger partial charge in [0.15, 0.2) is 4.90 Å². The van der Waals surface area contributed by atoms with E-state index >= 15 is 0 Å². The second kappa shape index (κ2) is 16.0. The molecule has 4 nitrogen and oxygen atoms in total. The van der Waals surface area contributed by atoms with E-state index in [1.807, 2.05) is 24.3 Å². The van der Waals surface area contributed by atoms with Gasteiger partial charge in [0.1, 0.15) is 28.4 Å². The summed E-state index contributed by atoms with van der Waals surface area (Å²) in [6.07, 6.45) is 17.5. The highest BCUT2D eigenvalue weighted by Gasteiger charge is 2.14. The van der Waals surface area contributed by atoms with Crippen molar-refractivity contribution in [2.75, 3.05) is 12.5 Å². The molecule has 0 unspecified atom stereocenters. The molecule has 0 spiro atoms. The predicted octanol–water partition coefficient (Wildman–Crippen LogP) is 7.84. The fraction of sp³-hybridized carbons (Fsp3) is 0.467. The van der Waals surface area contributed by atoms with Crippen LogP contribution in [0.15, 0.2) is 70.5 Å². The molecule has 0 aliphatic rings. The van der Waals surface area contributed by atoms with Crippen LogP contribution in [0.2, 0.25) is 0 Å². The Balaban J connectivity index is 0.000000278. The van der Waals surface area contributed by atoms with Crippen LogP contribution < -0.4 is 0 Å². The first-order valence-electron chi connectivity index (χ1n) is 13.1. The highest BCUT2D eigenvalue weighted by molar-refractivity contribution is 7.95. The smallest absolute Gasteiger partial charge is 0.162 e. The standard InChI is InChI=1S/C18H30O3S.C12H12OS/c1-2-3-4-5-6-7-8-9-10-11-14-17-15-12-13-16-18(17)22(19,20)21;1-14(2)12-8-7-11(13)9-5-3-4-6-10(9)12/h12-13,15-16H,2-11,14H2,1H3,(H,19,20,21);3-8H,1-2H3. The van der Waals surface area contributed by atoms with Crippen LogP contribution in [0.5, 0.6) is 5.75 Å². The Bertz CT molecular complexity index is 1160. The summed E-state index contributed by atoms with van der Waals surface area (Å²) >= 11 is 0. The van der Waals surface area contributed by atoms with E-state index < -0.39 is 10.1 Å². The lowest BCUT2D eigenvalue weighted by Crippen LogP contribution is -2.03. The van der Waals surface area contributed by atoms with Crippen LogP contribution in [0.3, 0.4) is 0 Å². The SMILES string of the molecule is CCCCCCCCCCCCc1ccccc1S(=O)(=O)[O-].C[S+](C)c1ccc(O)c2ccccc12. The highest BCUT2D eigenvalue weighted by atomic mass is 32.2. The van der Waals surface area contributed by atoms with Gasteiger partial charge in [-0.2, -0.15) is 0 Å². The molecule has 198 valence electrons. The van der Waals surface area contributed by atoms with Crippen LogP contribution in [0.25, 0.3) is 10.8 Å². The first-order valence-corrected chi connectivity index (χ1v) is 16.5. The van der Waals surface area contributed by atoms with Crippen LogP contribution in [-0.2, 0) is 27.4 Å². The van der Waals surface area contributed by atoms with E-state index in [2.05, 4.69) is 25.5 Å². The molecule has 0 fully saturated rings. The molecule has 0 amide bonds. The van der Waals surface area contributed by atoms with E-state index in [1.54, 1.807) is 24.3 Å². The third-order valence-electron chi connectivity index (χ3n) is 6.34. The topological polar surface area (TPSA) is 77.4 Å². The Kier molecular flexibility index (Phi) is 13.4. The predicted molar refractivity (Wildman–Crippen MR) is 153 cm³/mol. The fourth-order valence-corrected chi connectivity index (χ4v) is 6.06. The quantitative estimate of drug-likeness (QED) is 0.139. The van der Waals surface area contributed by atoms with Gasteiger partial charge < -0.3 is 9.66 Å². The molecule has 0 atom stereocenters. The van der Waals surface area contributed by atoms with Crippen LogP contribution >= 0.6 is 0 Å². The number of phenols is 1. The van der Waals surface area contributed by atoms with Crippen molar-refractivity contribution in [3.63, 3.8) is 0 Å². The lowest BCUT2D eigenvalue weighted by atomic mass is 10.0. The first kappa shape index (κ1) is 30.2. The molecular weight excluding hydrogens is 488 g/mol.